The predicted octanol–water partition coefficient (Wildman–Crippen LogP) is 1.07. The minimum Gasteiger partial charge on any atom is -0.338 e. The van der Waals surface area contributed by atoms with Gasteiger partial charge in [-0.05, 0) is 46.2 Å². The standard InChI is InChI=1S/C15H30N4O2/c1-4-10-19(11-13-8-6-7-9-17-13)12(3)14(20)18-15(21)16-5-2/h12-13,17H,4-11H2,1-3H3,(H2,16,18,20,21). The topological polar surface area (TPSA) is 73.5 Å². The van der Waals surface area contributed by atoms with Gasteiger partial charge in [-0.25, -0.2) is 4.79 Å². The van der Waals surface area contributed by atoms with Crippen LogP contribution in [0.3, 0.4) is 0 Å². The summed E-state index contributed by atoms with van der Waals surface area (Å²) in [4.78, 5) is 25.8. The third-order valence-corrected chi connectivity index (χ3v) is 3.88. The fraction of sp³-hybridized carbons (Fsp3) is 0.867. The first kappa shape index (κ1) is 17.9. The van der Waals surface area contributed by atoms with Crippen LogP contribution in [0, 0.1) is 0 Å². The minimum atomic E-state index is -0.415. The van der Waals surface area contributed by atoms with Gasteiger partial charge in [0.2, 0.25) is 5.91 Å². The summed E-state index contributed by atoms with van der Waals surface area (Å²) >= 11 is 0. The van der Waals surface area contributed by atoms with Crippen LogP contribution in [0.15, 0.2) is 0 Å². The molecule has 0 aliphatic carbocycles. The normalized spacial score (nSPS) is 20.1. The Balaban J connectivity index is 2.52. The molecule has 1 rings (SSSR count). The van der Waals surface area contributed by atoms with Crippen LogP contribution >= 0.6 is 0 Å². The van der Waals surface area contributed by atoms with Crippen molar-refractivity contribution in [2.24, 2.45) is 0 Å². The van der Waals surface area contributed by atoms with Crippen molar-refractivity contribution in [2.45, 2.75) is 58.5 Å². The molecule has 3 amide bonds. The number of urea groups is 1. The Hall–Kier alpha value is -1.14. The van der Waals surface area contributed by atoms with Gasteiger partial charge in [0.25, 0.3) is 0 Å². The van der Waals surface area contributed by atoms with Crippen LogP contribution in [0.25, 0.3) is 0 Å². The summed E-state index contributed by atoms with van der Waals surface area (Å²) in [6.07, 6.45) is 4.63. The second kappa shape index (κ2) is 9.73. The molecule has 6 nitrogen and oxygen atoms in total. The number of amides is 3. The Labute approximate surface area is 128 Å². The summed E-state index contributed by atoms with van der Waals surface area (Å²) in [5, 5.41) is 8.50. The Morgan fingerprint density at radius 3 is 2.67 bits per heavy atom. The molecule has 1 fully saturated rings. The molecule has 21 heavy (non-hydrogen) atoms. The van der Waals surface area contributed by atoms with E-state index in [2.05, 4.69) is 27.8 Å². The molecule has 3 N–H and O–H groups in total. The summed E-state index contributed by atoms with van der Waals surface area (Å²) < 4.78 is 0. The molecule has 0 saturated carbocycles. The maximum Gasteiger partial charge on any atom is 0.321 e. The lowest BCUT2D eigenvalue weighted by molar-refractivity contribution is -0.124. The number of carbonyl (C=O) groups is 2. The van der Waals surface area contributed by atoms with Crippen molar-refractivity contribution in [1.82, 2.24) is 20.9 Å². The van der Waals surface area contributed by atoms with Crippen molar-refractivity contribution in [3.8, 4) is 0 Å². The van der Waals surface area contributed by atoms with Crippen molar-refractivity contribution in [3.63, 3.8) is 0 Å². The minimum absolute atomic E-state index is 0.231. The summed E-state index contributed by atoms with van der Waals surface area (Å²) in [6.45, 7) is 9.09. The number of nitrogens with zero attached hydrogens (tertiary/aromatic N) is 1. The first-order valence-corrected chi connectivity index (χ1v) is 8.14. The van der Waals surface area contributed by atoms with E-state index < -0.39 is 6.03 Å². The van der Waals surface area contributed by atoms with E-state index in [9.17, 15) is 9.59 Å². The highest BCUT2D eigenvalue weighted by atomic mass is 16.2. The maximum absolute atomic E-state index is 12.2. The molecule has 1 aliphatic rings. The molecule has 0 bridgehead atoms. The molecule has 0 aromatic heterocycles. The van der Waals surface area contributed by atoms with E-state index >= 15 is 0 Å². The Morgan fingerprint density at radius 2 is 2.10 bits per heavy atom. The van der Waals surface area contributed by atoms with Gasteiger partial charge in [0, 0.05) is 19.1 Å². The largest absolute Gasteiger partial charge is 0.338 e. The van der Waals surface area contributed by atoms with Gasteiger partial charge in [0.1, 0.15) is 0 Å². The van der Waals surface area contributed by atoms with Gasteiger partial charge in [-0.15, -0.1) is 0 Å². The van der Waals surface area contributed by atoms with Crippen molar-refractivity contribution < 1.29 is 9.59 Å². The van der Waals surface area contributed by atoms with Crippen molar-refractivity contribution >= 4 is 11.9 Å². The van der Waals surface area contributed by atoms with Gasteiger partial charge in [0.05, 0.1) is 6.04 Å². The van der Waals surface area contributed by atoms with E-state index in [1.54, 1.807) is 0 Å². The molecule has 122 valence electrons. The lowest BCUT2D eigenvalue weighted by Crippen LogP contribution is -2.53. The molecule has 0 radical (unpaired) electrons. The van der Waals surface area contributed by atoms with Gasteiger partial charge >= 0.3 is 6.03 Å². The number of hydrogen-bond donors (Lipinski definition) is 3. The fourth-order valence-corrected chi connectivity index (χ4v) is 2.68. The van der Waals surface area contributed by atoms with Crippen LogP contribution < -0.4 is 16.0 Å². The molecule has 1 saturated heterocycles. The molecule has 2 unspecified atom stereocenters. The van der Waals surface area contributed by atoms with E-state index in [0.29, 0.717) is 12.6 Å². The van der Waals surface area contributed by atoms with E-state index in [4.69, 9.17) is 0 Å². The Kier molecular flexibility index (Phi) is 8.30. The zero-order valence-electron chi connectivity index (χ0n) is 13.6. The Morgan fingerprint density at radius 1 is 1.33 bits per heavy atom. The molecule has 0 aromatic carbocycles. The molecule has 0 spiro atoms. The number of hydrogen-bond acceptors (Lipinski definition) is 4. The monoisotopic (exact) mass is 298 g/mol. The van der Waals surface area contributed by atoms with Crippen LogP contribution in [0.5, 0.6) is 0 Å². The molecule has 0 aromatic rings. The molecule has 1 heterocycles. The zero-order chi connectivity index (χ0) is 15.7. The predicted molar refractivity (Wildman–Crippen MR) is 84.2 cm³/mol. The smallest absolute Gasteiger partial charge is 0.321 e. The lowest BCUT2D eigenvalue weighted by Gasteiger charge is -2.33. The second-order valence-electron chi connectivity index (χ2n) is 5.67. The van der Waals surface area contributed by atoms with E-state index in [0.717, 1.165) is 32.5 Å². The highest BCUT2D eigenvalue weighted by Gasteiger charge is 2.25. The van der Waals surface area contributed by atoms with Gasteiger partial charge < -0.3 is 10.6 Å². The van der Waals surface area contributed by atoms with Gasteiger partial charge in [-0.2, -0.15) is 0 Å². The lowest BCUT2D eigenvalue weighted by atomic mass is 10.0. The average molecular weight is 298 g/mol. The third-order valence-electron chi connectivity index (χ3n) is 3.88. The van der Waals surface area contributed by atoms with Crippen LogP contribution in [0.4, 0.5) is 4.79 Å². The first-order chi connectivity index (χ1) is 10.1. The zero-order valence-corrected chi connectivity index (χ0v) is 13.6. The average Bonchev–Trinajstić information content (AvgIpc) is 2.47. The highest BCUT2D eigenvalue weighted by Crippen LogP contribution is 2.11. The quantitative estimate of drug-likeness (QED) is 0.657. The van der Waals surface area contributed by atoms with E-state index in [1.165, 1.54) is 12.8 Å². The Bertz CT molecular complexity index is 330. The van der Waals surface area contributed by atoms with Crippen LogP contribution in [-0.4, -0.2) is 55.1 Å². The molecule has 1 aliphatic heterocycles. The van der Waals surface area contributed by atoms with Gasteiger partial charge in [-0.1, -0.05) is 13.3 Å². The number of carbonyl (C=O) groups excluding carboxylic acids is 2. The number of nitrogens with one attached hydrogen (secondary N) is 3. The molecule has 2 atom stereocenters. The summed E-state index contributed by atoms with van der Waals surface area (Å²) in [7, 11) is 0. The number of piperidine rings is 1. The summed E-state index contributed by atoms with van der Waals surface area (Å²) in [5.41, 5.74) is 0. The van der Waals surface area contributed by atoms with Crippen LogP contribution in [0.1, 0.15) is 46.5 Å². The first-order valence-electron chi connectivity index (χ1n) is 8.14. The number of imide groups is 1. The van der Waals surface area contributed by atoms with Gasteiger partial charge in [-0.3, -0.25) is 15.0 Å². The summed E-state index contributed by atoms with van der Waals surface area (Å²) in [5.74, 6) is -0.231. The van der Waals surface area contributed by atoms with Crippen LogP contribution in [0.2, 0.25) is 0 Å². The van der Waals surface area contributed by atoms with E-state index in [-0.39, 0.29) is 11.9 Å². The SMILES string of the molecule is CCCN(CC1CCCCN1)C(C)C(=O)NC(=O)NCC. The van der Waals surface area contributed by atoms with E-state index in [1.807, 2.05) is 13.8 Å². The van der Waals surface area contributed by atoms with Crippen molar-refractivity contribution in [1.29, 1.82) is 0 Å². The maximum atomic E-state index is 12.2. The van der Waals surface area contributed by atoms with Gasteiger partial charge in [0.15, 0.2) is 0 Å². The molecular weight excluding hydrogens is 268 g/mol. The molecular formula is C15H30N4O2. The van der Waals surface area contributed by atoms with Crippen LogP contribution in [-0.2, 0) is 4.79 Å². The van der Waals surface area contributed by atoms with Crippen molar-refractivity contribution in [3.05, 3.63) is 0 Å². The third kappa shape index (κ3) is 6.44. The summed E-state index contributed by atoms with van der Waals surface area (Å²) in [6, 6.07) is -0.261. The second-order valence-corrected chi connectivity index (χ2v) is 5.67. The fourth-order valence-electron chi connectivity index (χ4n) is 2.68. The number of rotatable bonds is 7. The van der Waals surface area contributed by atoms with Crippen molar-refractivity contribution in [2.75, 3.05) is 26.2 Å². The molecule has 6 heteroatoms. The highest BCUT2D eigenvalue weighted by molar-refractivity contribution is 5.96.